The number of rotatable bonds is 1. The van der Waals surface area contributed by atoms with Crippen LogP contribution in [0.2, 0.25) is 0 Å². The molecule has 1 rings (SSSR count). The zero-order chi connectivity index (χ0) is 10.6. The summed E-state index contributed by atoms with van der Waals surface area (Å²) < 4.78 is 1.74. The Morgan fingerprint density at radius 3 is 2.93 bits per heavy atom. The van der Waals surface area contributed by atoms with Crippen molar-refractivity contribution in [3.63, 3.8) is 0 Å². The lowest BCUT2D eigenvalue weighted by atomic mass is 10.5. The van der Waals surface area contributed by atoms with Gasteiger partial charge in [0.15, 0.2) is 17.2 Å². The quantitative estimate of drug-likeness (QED) is 0.326. The largest absolute Gasteiger partial charge is 0.271 e. The Morgan fingerprint density at radius 1 is 1.79 bits per heavy atom. The Bertz CT molecular complexity index is 367. The van der Waals surface area contributed by atoms with Gasteiger partial charge >= 0.3 is 0 Å². The number of nitriles is 1. The van der Waals surface area contributed by atoms with E-state index in [0.29, 0.717) is 11.0 Å². The van der Waals surface area contributed by atoms with Crippen molar-refractivity contribution in [2.24, 2.45) is 12.0 Å². The summed E-state index contributed by atoms with van der Waals surface area (Å²) in [7, 11) is 1.85. The number of aliphatic imine (C=N–C) groups is 1. The molecule has 0 radical (unpaired) electrons. The van der Waals surface area contributed by atoms with Gasteiger partial charge in [0.05, 0.1) is 0 Å². The molecule has 0 fully saturated rings. The van der Waals surface area contributed by atoms with Gasteiger partial charge in [0.2, 0.25) is 0 Å². The lowest BCUT2D eigenvalue weighted by Crippen LogP contribution is -2.12. The van der Waals surface area contributed by atoms with Crippen LogP contribution < -0.4 is 5.32 Å². The van der Waals surface area contributed by atoms with Crippen molar-refractivity contribution >= 4 is 22.7 Å². The van der Waals surface area contributed by atoms with Crippen LogP contribution in [0.25, 0.3) is 0 Å². The zero-order valence-electron chi connectivity index (χ0n) is 8.27. The van der Waals surface area contributed by atoms with Crippen molar-refractivity contribution in [2.75, 3.05) is 6.26 Å². The standard InChI is InChI=1S/C8H11N5S/c1-6-4-7(12-13(6)2)11-8(14-3)10-5-9/h4H,1-3H3,(H,10,11,12). The highest BCUT2D eigenvalue weighted by molar-refractivity contribution is 8.13. The Morgan fingerprint density at radius 2 is 2.50 bits per heavy atom. The summed E-state index contributed by atoms with van der Waals surface area (Å²) in [5.41, 5.74) is 1.03. The van der Waals surface area contributed by atoms with E-state index in [0.717, 1.165) is 5.69 Å². The predicted octanol–water partition coefficient (Wildman–Crippen LogP) is 1.15. The summed E-state index contributed by atoms with van der Waals surface area (Å²) in [6, 6.07) is 1.86. The molecule has 0 aromatic carbocycles. The van der Waals surface area contributed by atoms with Gasteiger partial charge in [-0.05, 0) is 13.2 Å². The normalized spacial score (nSPS) is 11.1. The third kappa shape index (κ3) is 2.50. The molecule has 0 aliphatic heterocycles. The molecular weight excluding hydrogens is 198 g/mol. The fourth-order valence-electron chi connectivity index (χ4n) is 0.873. The van der Waals surface area contributed by atoms with Crippen LogP contribution in [-0.2, 0) is 7.05 Å². The van der Waals surface area contributed by atoms with Crippen LogP contribution in [0.3, 0.4) is 0 Å². The topological polar surface area (TPSA) is 66.0 Å². The number of aromatic nitrogens is 2. The average molecular weight is 209 g/mol. The molecule has 1 aromatic rings. The lowest BCUT2D eigenvalue weighted by molar-refractivity contribution is 0.741. The van der Waals surface area contributed by atoms with Crippen LogP contribution in [0.15, 0.2) is 11.1 Å². The number of nitrogens with one attached hydrogen (secondary N) is 1. The van der Waals surface area contributed by atoms with Crippen molar-refractivity contribution in [2.45, 2.75) is 6.92 Å². The number of nitrogens with zero attached hydrogens (tertiary/aromatic N) is 4. The summed E-state index contributed by atoms with van der Waals surface area (Å²) in [5.74, 6) is 0.608. The fourth-order valence-corrected chi connectivity index (χ4v) is 1.21. The van der Waals surface area contributed by atoms with Gasteiger partial charge in [0.1, 0.15) is 0 Å². The molecule has 1 aromatic heterocycles. The van der Waals surface area contributed by atoms with Gasteiger partial charge in [-0.2, -0.15) is 10.4 Å². The molecule has 14 heavy (non-hydrogen) atoms. The maximum atomic E-state index is 8.42. The second-order valence-electron chi connectivity index (χ2n) is 2.63. The number of hydrogen-bond acceptors (Lipinski definition) is 4. The molecule has 0 amide bonds. The molecule has 0 unspecified atom stereocenters. The summed E-state index contributed by atoms with van der Waals surface area (Å²) in [4.78, 5) is 4.16. The molecule has 0 spiro atoms. The molecule has 0 aliphatic carbocycles. The van der Waals surface area contributed by atoms with E-state index in [1.165, 1.54) is 11.8 Å². The second kappa shape index (κ2) is 4.67. The molecule has 0 saturated heterocycles. The first-order valence-corrected chi connectivity index (χ1v) is 5.18. The van der Waals surface area contributed by atoms with Gasteiger partial charge in [0.25, 0.3) is 0 Å². The monoisotopic (exact) mass is 209 g/mol. The van der Waals surface area contributed by atoms with Crippen molar-refractivity contribution in [3.05, 3.63) is 11.8 Å². The minimum absolute atomic E-state index is 0.547. The highest BCUT2D eigenvalue weighted by atomic mass is 32.2. The maximum Gasteiger partial charge on any atom is 0.183 e. The van der Waals surface area contributed by atoms with Crippen molar-refractivity contribution < 1.29 is 0 Å². The minimum atomic E-state index is 0.547. The summed E-state index contributed by atoms with van der Waals surface area (Å²) in [6.07, 6.45) is 3.67. The van der Waals surface area contributed by atoms with Gasteiger partial charge in [0, 0.05) is 18.8 Å². The van der Waals surface area contributed by atoms with E-state index in [9.17, 15) is 0 Å². The molecule has 0 atom stereocenters. The molecule has 74 valence electrons. The Kier molecular flexibility index (Phi) is 3.54. The van der Waals surface area contributed by atoms with Crippen molar-refractivity contribution in [1.29, 1.82) is 5.26 Å². The summed E-state index contributed by atoms with van der Waals surface area (Å²) in [6.45, 7) is 1.95. The predicted molar refractivity (Wildman–Crippen MR) is 57.3 cm³/mol. The molecule has 0 saturated carbocycles. The highest BCUT2D eigenvalue weighted by Crippen LogP contribution is 2.12. The van der Waals surface area contributed by atoms with E-state index in [-0.39, 0.29) is 0 Å². The number of thioether (sulfide) groups is 1. The lowest BCUT2D eigenvalue weighted by Gasteiger charge is -1.95. The van der Waals surface area contributed by atoms with Crippen molar-refractivity contribution in [1.82, 2.24) is 15.1 Å². The van der Waals surface area contributed by atoms with Crippen LogP contribution in [0, 0.1) is 18.4 Å². The molecule has 0 aliphatic rings. The molecule has 1 N–H and O–H groups in total. The fraction of sp³-hybridized carbons (Fsp3) is 0.375. The van der Waals surface area contributed by atoms with Gasteiger partial charge < -0.3 is 0 Å². The molecular formula is C8H11N5S. The van der Waals surface area contributed by atoms with E-state index in [1.807, 2.05) is 32.5 Å². The van der Waals surface area contributed by atoms with Gasteiger partial charge in [-0.25, -0.2) is 4.99 Å². The number of hydrogen-bond donors (Lipinski definition) is 1. The van der Waals surface area contributed by atoms with Crippen LogP contribution in [-0.4, -0.2) is 21.2 Å². The SMILES string of the molecule is CSC(=Nc1cc(C)n(C)n1)NC#N. The first-order valence-electron chi connectivity index (χ1n) is 3.95. The third-order valence-corrected chi connectivity index (χ3v) is 2.25. The van der Waals surface area contributed by atoms with Crippen LogP contribution in [0.5, 0.6) is 0 Å². The number of aryl methyl sites for hydroxylation is 2. The third-order valence-electron chi connectivity index (χ3n) is 1.67. The van der Waals surface area contributed by atoms with E-state index in [4.69, 9.17) is 5.26 Å². The van der Waals surface area contributed by atoms with Crippen LogP contribution in [0.4, 0.5) is 5.82 Å². The van der Waals surface area contributed by atoms with E-state index in [2.05, 4.69) is 15.4 Å². The Labute approximate surface area is 86.8 Å². The van der Waals surface area contributed by atoms with E-state index >= 15 is 0 Å². The van der Waals surface area contributed by atoms with Gasteiger partial charge in [-0.1, -0.05) is 11.8 Å². The minimum Gasteiger partial charge on any atom is -0.271 e. The molecule has 5 nitrogen and oxygen atoms in total. The maximum absolute atomic E-state index is 8.42. The zero-order valence-corrected chi connectivity index (χ0v) is 9.09. The van der Waals surface area contributed by atoms with Crippen LogP contribution >= 0.6 is 11.8 Å². The molecule has 6 heteroatoms. The second-order valence-corrected chi connectivity index (χ2v) is 3.42. The van der Waals surface area contributed by atoms with Crippen molar-refractivity contribution in [3.8, 4) is 6.19 Å². The smallest absolute Gasteiger partial charge is 0.183 e. The highest BCUT2D eigenvalue weighted by Gasteiger charge is 2.01. The van der Waals surface area contributed by atoms with Gasteiger partial charge in [-0.15, -0.1) is 0 Å². The molecule has 1 heterocycles. The van der Waals surface area contributed by atoms with E-state index in [1.54, 1.807) is 4.68 Å². The Balaban J connectivity index is 2.90. The summed E-state index contributed by atoms with van der Waals surface area (Å²) in [5, 5.41) is 15.6. The summed E-state index contributed by atoms with van der Waals surface area (Å²) >= 11 is 1.37. The average Bonchev–Trinajstić information content (AvgIpc) is 2.45. The number of amidine groups is 1. The Hall–Kier alpha value is -1.48. The van der Waals surface area contributed by atoms with Gasteiger partial charge in [-0.3, -0.25) is 10.00 Å². The molecule has 0 bridgehead atoms. The van der Waals surface area contributed by atoms with E-state index < -0.39 is 0 Å². The first-order chi connectivity index (χ1) is 6.67. The first kappa shape index (κ1) is 10.6. The van der Waals surface area contributed by atoms with Crippen LogP contribution in [0.1, 0.15) is 5.69 Å².